The Bertz CT molecular complexity index is 462. The minimum absolute atomic E-state index is 0.118. The van der Waals surface area contributed by atoms with Crippen LogP contribution in [0.3, 0.4) is 0 Å². The Kier molecular flexibility index (Phi) is 6.10. The number of carbonyl (C=O) groups excluding carboxylic acids is 1. The highest BCUT2D eigenvalue weighted by Gasteiger charge is 2.11. The lowest BCUT2D eigenvalue weighted by Gasteiger charge is -2.18. The second kappa shape index (κ2) is 7.62. The van der Waals surface area contributed by atoms with Gasteiger partial charge in [-0.25, -0.2) is 0 Å². The molecule has 0 spiro atoms. The number of rotatable bonds is 5. The Morgan fingerprint density at radius 1 is 1.50 bits per heavy atom. The van der Waals surface area contributed by atoms with Gasteiger partial charge in [0.05, 0.1) is 11.6 Å². The van der Waals surface area contributed by atoms with Crippen molar-refractivity contribution in [2.24, 2.45) is 0 Å². The van der Waals surface area contributed by atoms with Crippen LogP contribution in [-0.4, -0.2) is 18.6 Å². The highest BCUT2D eigenvalue weighted by molar-refractivity contribution is 6.32. The van der Waals surface area contributed by atoms with Crippen molar-refractivity contribution in [2.45, 2.75) is 26.4 Å². The summed E-state index contributed by atoms with van der Waals surface area (Å²) in [5, 5.41) is 3.26. The first kappa shape index (κ1) is 14.4. The van der Waals surface area contributed by atoms with Gasteiger partial charge in [0.2, 0.25) is 0 Å². The normalized spacial score (nSPS) is 11.1. The number of hydrogen-bond donors (Lipinski definition) is 1. The largest absolute Gasteiger partial charge is 0.487 e. The van der Waals surface area contributed by atoms with Crippen molar-refractivity contribution < 1.29 is 9.53 Å². The molecular weight excluding hydrogens is 250 g/mol. The molecule has 1 amide bonds. The average Bonchev–Trinajstić information content (AvgIpc) is 2.37. The van der Waals surface area contributed by atoms with Crippen molar-refractivity contribution in [3.8, 4) is 17.6 Å². The molecule has 18 heavy (non-hydrogen) atoms. The molecule has 1 aromatic carbocycles. The first-order valence-electron chi connectivity index (χ1n) is 5.79. The second-order valence-corrected chi connectivity index (χ2v) is 4.07. The minimum atomic E-state index is -0.293. The molecule has 0 radical (unpaired) electrons. The van der Waals surface area contributed by atoms with Crippen molar-refractivity contribution in [3.05, 3.63) is 29.3 Å². The number of ether oxygens (including phenoxy) is 1. The highest BCUT2D eigenvalue weighted by atomic mass is 35.5. The minimum Gasteiger partial charge on any atom is -0.487 e. The molecule has 4 heteroatoms. The molecule has 1 unspecified atom stereocenters. The van der Waals surface area contributed by atoms with Crippen molar-refractivity contribution >= 4 is 17.5 Å². The zero-order valence-corrected chi connectivity index (χ0v) is 11.3. The van der Waals surface area contributed by atoms with E-state index in [0.29, 0.717) is 17.3 Å². The summed E-state index contributed by atoms with van der Waals surface area (Å²) < 4.78 is 5.73. The number of halogens is 1. The van der Waals surface area contributed by atoms with E-state index >= 15 is 0 Å². The molecule has 0 aromatic heterocycles. The van der Waals surface area contributed by atoms with E-state index in [1.54, 1.807) is 19.1 Å². The number of amides is 1. The van der Waals surface area contributed by atoms with Crippen LogP contribution in [0.4, 0.5) is 0 Å². The third-order valence-electron chi connectivity index (χ3n) is 2.31. The Morgan fingerprint density at radius 2 is 2.22 bits per heavy atom. The van der Waals surface area contributed by atoms with Crippen LogP contribution in [0.5, 0.6) is 5.75 Å². The molecule has 0 aliphatic carbocycles. The fraction of sp³-hybridized carbons (Fsp3) is 0.357. The van der Waals surface area contributed by atoms with Crippen LogP contribution in [0.1, 0.15) is 20.3 Å². The number of benzene rings is 1. The molecule has 0 aliphatic heterocycles. The van der Waals surface area contributed by atoms with E-state index in [1.165, 1.54) is 0 Å². The van der Waals surface area contributed by atoms with Crippen LogP contribution >= 0.6 is 11.6 Å². The second-order valence-electron chi connectivity index (χ2n) is 3.66. The fourth-order valence-electron chi connectivity index (χ4n) is 1.35. The molecule has 1 N–H and O–H groups in total. The summed E-state index contributed by atoms with van der Waals surface area (Å²) in [5.41, 5.74) is 0. The molecule has 1 aromatic rings. The Morgan fingerprint density at radius 3 is 2.83 bits per heavy atom. The average molecular weight is 266 g/mol. The van der Waals surface area contributed by atoms with Gasteiger partial charge >= 0.3 is 0 Å². The smallest absolute Gasteiger partial charge is 0.296 e. The molecular formula is C14H16ClNO2. The van der Waals surface area contributed by atoms with Gasteiger partial charge in [0, 0.05) is 0 Å². The van der Waals surface area contributed by atoms with Gasteiger partial charge in [-0.05, 0) is 31.4 Å². The van der Waals surface area contributed by atoms with Crippen LogP contribution in [0.25, 0.3) is 0 Å². The maximum Gasteiger partial charge on any atom is 0.296 e. The van der Waals surface area contributed by atoms with Crippen molar-refractivity contribution in [2.75, 3.05) is 6.54 Å². The zero-order valence-electron chi connectivity index (χ0n) is 10.5. The van der Waals surface area contributed by atoms with Gasteiger partial charge in [0.25, 0.3) is 5.91 Å². The van der Waals surface area contributed by atoms with E-state index in [2.05, 4.69) is 17.2 Å². The van der Waals surface area contributed by atoms with Gasteiger partial charge < -0.3 is 10.1 Å². The summed E-state index contributed by atoms with van der Waals surface area (Å²) in [6, 6.07) is 7.27. The monoisotopic (exact) mass is 265 g/mol. The van der Waals surface area contributed by atoms with Crippen molar-refractivity contribution in [1.82, 2.24) is 5.32 Å². The van der Waals surface area contributed by atoms with E-state index in [0.717, 1.165) is 6.42 Å². The van der Waals surface area contributed by atoms with E-state index in [9.17, 15) is 4.79 Å². The molecule has 0 saturated heterocycles. The predicted molar refractivity (Wildman–Crippen MR) is 72.6 cm³/mol. The van der Waals surface area contributed by atoms with Crippen LogP contribution in [0, 0.1) is 11.8 Å². The van der Waals surface area contributed by atoms with Gasteiger partial charge in [-0.1, -0.05) is 36.6 Å². The summed E-state index contributed by atoms with van der Waals surface area (Å²) in [5.74, 6) is 5.30. The SMILES string of the molecule is CC#CC(=O)NCC(CC)Oc1ccccc1Cl. The Balaban J connectivity index is 2.54. The molecule has 0 aliphatic rings. The molecule has 3 nitrogen and oxygen atoms in total. The van der Waals surface area contributed by atoms with Gasteiger partial charge in [-0.2, -0.15) is 0 Å². The molecule has 0 bridgehead atoms. The summed E-state index contributed by atoms with van der Waals surface area (Å²) in [6.07, 6.45) is 0.651. The lowest BCUT2D eigenvalue weighted by molar-refractivity contribution is -0.116. The van der Waals surface area contributed by atoms with E-state index < -0.39 is 0 Å². The van der Waals surface area contributed by atoms with Gasteiger partial charge in [-0.3, -0.25) is 4.79 Å². The lowest BCUT2D eigenvalue weighted by Crippen LogP contribution is -2.34. The van der Waals surface area contributed by atoms with Crippen LogP contribution in [0.2, 0.25) is 5.02 Å². The first-order chi connectivity index (χ1) is 8.67. The van der Waals surface area contributed by atoms with Crippen molar-refractivity contribution in [1.29, 1.82) is 0 Å². The molecule has 0 saturated carbocycles. The predicted octanol–water partition coefficient (Wildman–Crippen LogP) is 2.64. The standard InChI is InChI=1S/C14H16ClNO2/c1-3-7-14(17)16-10-11(4-2)18-13-9-6-5-8-12(13)15/h5-6,8-9,11H,4,10H2,1-2H3,(H,16,17). The maximum absolute atomic E-state index is 11.2. The van der Waals surface area contributed by atoms with Crippen LogP contribution in [-0.2, 0) is 4.79 Å². The zero-order chi connectivity index (χ0) is 13.4. The summed E-state index contributed by atoms with van der Waals surface area (Å²) >= 11 is 6.00. The summed E-state index contributed by atoms with van der Waals surface area (Å²) in [7, 11) is 0. The van der Waals surface area contributed by atoms with Crippen LogP contribution < -0.4 is 10.1 Å². The van der Waals surface area contributed by atoms with Gasteiger partial charge in [0.1, 0.15) is 11.9 Å². The molecule has 0 heterocycles. The fourth-order valence-corrected chi connectivity index (χ4v) is 1.53. The number of para-hydroxylation sites is 1. The third-order valence-corrected chi connectivity index (χ3v) is 2.63. The summed E-state index contributed by atoms with van der Waals surface area (Å²) in [6.45, 7) is 4.02. The number of hydrogen-bond acceptors (Lipinski definition) is 2. The van der Waals surface area contributed by atoms with Gasteiger partial charge in [0.15, 0.2) is 0 Å². The van der Waals surface area contributed by atoms with Crippen LogP contribution in [0.15, 0.2) is 24.3 Å². The Hall–Kier alpha value is -1.66. The third kappa shape index (κ3) is 4.68. The molecule has 1 rings (SSSR count). The topological polar surface area (TPSA) is 38.3 Å². The quantitative estimate of drug-likeness (QED) is 0.831. The van der Waals surface area contributed by atoms with E-state index in [4.69, 9.17) is 16.3 Å². The molecule has 0 fully saturated rings. The van der Waals surface area contributed by atoms with E-state index in [1.807, 2.05) is 19.1 Å². The number of carbonyl (C=O) groups is 1. The lowest BCUT2D eigenvalue weighted by atomic mass is 10.2. The maximum atomic E-state index is 11.2. The first-order valence-corrected chi connectivity index (χ1v) is 6.17. The van der Waals surface area contributed by atoms with Crippen molar-refractivity contribution in [3.63, 3.8) is 0 Å². The highest BCUT2D eigenvalue weighted by Crippen LogP contribution is 2.24. The molecule has 1 atom stereocenters. The summed E-state index contributed by atoms with van der Waals surface area (Å²) in [4.78, 5) is 11.2. The van der Waals surface area contributed by atoms with E-state index in [-0.39, 0.29) is 12.0 Å². The van der Waals surface area contributed by atoms with Gasteiger partial charge in [-0.15, -0.1) is 0 Å². The molecule has 96 valence electrons. The Labute approximate surface area is 112 Å². The number of nitrogens with one attached hydrogen (secondary N) is 1.